The molecule has 2 heterocycles. The van der Waals surface area contributed by atoms with Gasteiger partial charge in [0.2, 0.25) is 0 Å². The first-order valence-electron chi connectivity index (χ1n) is 6.94. The summed E-state index contributed by atoms with van der Waals surface area (Å²) in [6.07, 6.45) is 3.44. The summed E-state index contributed by atoms with van der Waals surface area (Å²) in [7, 11) is 0. The molecule has 24 heavy (non-hydrogen) atoms. The van der Waals surface area contributed by atoms with Crippen LogP contribution < -0.4 is 0 Å². The van der Waals surface area contributed by atoms with Crippen LogP contribution in [0.2, 0.25) is 0 Å². The monoisotopic (exact) mass is 324 g/mol. The molecule has 2 N–H and O–H groups in total. The zero-order valence-corrected chi connectivity index (χ0v) is 12.3. The van der Waals surface area contributed by atoms with Crippen LogP contribution in [0, 0.1) is 0 Å². The van der Waals surface area contributed by atoms with E-state index in [0.717, 1.165) is 5.56 Å². The Bertz CT molecular complexity index is 947. The van der Waals surface area contributed by atoms with Crippen molar-refractivity contribution in [2.24, 2.45) is 0 Å². The number of rotatable bonds is 5. The fourth-order valence-corrected chi connectivity index (χ4v) is 2.24. The van der Waals surface area contributed by atoms with Crippen LogP contribution in [0.5, 0.6) is 0 Å². The van der Waals surface area contributed by atoms with Crippen molar-refractivity contribution in [1.82, 2.24) is 19.5 Å². The second-order valence-corrected chi connectivity index (χ2v) is 4.94. The highest BCUT2D eigenvalue weighted by atomic mass is 16.4. The van der Waals surface area contributed by atoms with Crippen molar-refractivity contribution in [3.8, 4) is 0 Å². The number of nitrogens with zero attached hydrogens (tertiary/aromatic N) is 4. The molecular formula is C16H12N4O4. The molecule has 0 aliphatic rings. The maximum absolute atomic E-state index is 11.3. The number of aliphatic hydroxyl groups is 1. The average molecular weight is 324 g/mol. The van der Waals surface area contributed by atoms with Gasteiger partial charge in [0.25, 0.3) is 5.78 Å². The smallest absolute Gasteiger partial charge is 0.376 e. The number of aliphatic hydroxyl groups excluding tert-OH is 1. The number of hydrogen-bond acceptors (Lipinski definition) is 6. The summed E-state index contributed by atoms with van der Waals surface area (Å²) < 4.78 is 1.59. The number of benzene rings is 1. The minimum atomic E-state index is -1.66. The molecule has 0 bridgehead atoms. The molecule has 8 nitrogen and oxygen atoms in total. The lowest BCUT2D eigenvalue weighted by atomic mass is 10.2. The van der Waals surface area contributed by atoms with Crippen LogP contribution in [-0.2, 0) is 16.1 Å². The summed E-state index contributed by atoms with van der Waals surface area (Å²) in [5, 5.41) is 18.8. The van der Waals surface area contributed by atoms with Crippen LogP contribution >= 0.6 is 0 Å². The van der Waals surface area contributed by atoms with E-state index in [4.69, 9.17) is 5.11 Å². The van der Waals surface area contributed by atoms with Gasteiger partial charge in [-0.15, -0.1) is 0 Å². The summed E-state index contributed by atoms with van der Waals surface area (Å²) in [6, 6.07) is 9.39. The van der Waals surface area contributed by atoms with Gasteiger partial charge >= 0.3 is 5.97 Å². The average Bonchev–Trinajstić information content (AvgIpc) is 2.94. The summed E-state index contributed by atoms with van der Waals surface area (Å²) in [4.78, 5) is 34.2. The molecule has 0 atom stereocenters. The highest BCUT2D eigenvalue weighted by Crippen LogP contribution is 2.19. The Morgan fingerprint density at radius 2 is 1.92 bits per heavy atom. The molecule has 3 rings (SSSR count). The number of hydrogen-bond donors (Lipinski definition) is 2. The van der Waals surface area contributed by atoms with E-state index in [9.17, 15) is 14.7 Å². The highest BCUT2D eigenvalue weighted by molar-refractivity contribution is 6.38. The predicted octanol–water partition coefficient (Wildman–Crippen LogP) is 1.43. The summed E-state index contributed by atoms with van der Waals surface area (Å²) in [6.45, 7) is 0.336. The van der Waals surface area contributed by atoms with Crippen molar-refractivity contribution < 1.29 is 19.8 Å². The van der Waals surface area contributed by atoms with Gasteiger partial charge in [-0.3, -0.25) is 4.79 Å². The number of ketones is 1. The van der Waals surface area contributed by atoms with Crippen LogP contribution in [0.15, 0.2) is 48.9 Å². The molecule has 0 saturated carbocycles. The van der Waals surface area contributed by atoms with Crippen molar-refractivity contribution in [2.75, 3.05) is 0 Å². The Labute approximate surface area is 135 Å². The molecule has 2 aromatic heterocycles. The molecule has 0 radical (unpaired) electrons. The number of aromatic nitrogens is 4. The number of aliphatic carboxylic acids is 1. The van der Waals surface area contributed by atoms with E-state index in [0.29, 0.717) is 23.8 Å². The van der Waals surface area contributed by atoms with Gasteiger partial charge in [0.05, 0.1) is 12.7 Å². The number of imidazole rings is 1. The molecule has 0 unspecified atom stereocenters. The quantitative estimate of drug-likeness (QED) is 0.414. The Kier molecular flexibility index (Phi) is 4.02. The first kappa shape index (κ1) is 15.3. The van der Waals surface area contributed by atoms with Gasteiger partial charge in [-0.2, -0.15) is 0 Å². The Morgan fingerprint density at radius 3 is 2.62 bits per heavy atom. The van der Waals surface area contributed by atoms with Crippen LogP contribution in [0.1, 0.15) is 11.4 Å². The van der Waals surface area contributed by atoms with Gasteiger partial charge in [-0.1, -0.05) is 30.3 Å². The molecule has 3 aromatic rings. The molecule has 0 saturated heterocycles. The van der Waals surface area contributed by atoms with E-state index < -0.39 is 17.5 Å². The number of carboxylic acid groups (broad SMARTS) is 1. The first-order valence-corrected chi connectivity index (χ1v) is 6.94. The van der Waals surface area contributed by atoms with Gasteiger partial charge in [0, 0.05) is 6.08 Å². The van der Waals surface area contributed by atoms with Gasteiger partial charge in [-0.25, -0.2) is 19.7 Å². The topological polar surface area (TPSA) is 118 Å². The van der Waals surface area contributed by atoms with E-state index in [-0.39, 0.29) is 5.82 Å². The van der Waals surface area contributed by atoms with E-state index in [1.165, 1.54) is 12.5 Å². The van der Waals surface area contributed by atoms with Gasteiger partial charge in [-0.05, 0) is 5.56 Å². The Morgan fingerprint density at radius 1 is 1.17 bits per heavy atom. The second kappa shape index (κ2) is 6.29. The first-order chi connectivity index (χ1) is 11.6. The van der Waals surface area contributed by atoms with Gasteiger partial charge in [0.1, 0.15) is 11.8 Å². The SMILES string of the molecule is O=C(O)C(=O)C=C(O)c1nc2cncnc2n1Cc1ccccc1. The lowest BCUT2D eigenvalue weighted by Crippen LogP contribution is -2.11. The van der Waals surface area contributed by atoms with Gasteiger partial charge < -0.3 is 14.8 Å². The molecular weight excluding hydrogens is 312 g/mol. The zero-order valence-electron chi connectivity index (χ0n) is 12.3. The molecule has 8 heteroatoms. The van der Waals surface area contributed by atoms with E-state index >= 15 is 0 Å². The van der Waals surface area contributed by atoms with Crippen molar-refractivity contribution in [1.29, 1.82) is 0 Å². The maximum Gasteiger partial charge on any atom is 0.376 e. The van der Waals surface area contributed by atoms with Crippen LogP contribution in [0.3, 0.4) is 0 Å². The number of fused-ring (bicyclic) bond motifs is 1. The molecule has 0 amide bonds. The number of carbonyl (C=O) groups is 2. The standard InChI is InChI=1S/C16H12N4O4/c21-12(6-13(22)16(23)24)15-19-11-7-17-9-18-14(11)20(15)8-10-4-2-1-3-5-10/h1-7,9,21H,8H2,(H,23,24). The lowest BCUT2D eigenvalue weighted by Gasteiger charge is -2.08. The van der Waals surface area contributed by atoms with Crippen molar-refractivity contribution >= 4 is 28.7 Å². The Balaban J connectivity index is 2.12. The Hall–Kier alpha value is -3.55. The molecule has 0 fully saturated rings. The normalized spacial score (nSPS) is 11.6. The van der Waals surface area contributed by atoms with Gasteiger partial charge in [0.15, 0.2) is 17.2 Å². The van der Waals surface area contributed by atoms with Crippen molar-refractivity contribution in [2.45, 2.75) is 6.54 Å². The minimum Gasteiger partial charge on any atom is -0.504 e. The van der Waals surface area contributed by atoms with Crippen LogP contribution in [0.25, 0.3) is 16.9 Å². The molecule has 0 aliphatic heterocycles. The summed E-state index contributed by atoms with van der Waals surface area (Å²) in [5.74, 6) is -3.40. The van der Waals surface area contributed by atoms with E-state index in [2.05, 4.69) is 15.0 Å². The van der Waals surface area contributed by atoms with Crippen LogP contribution in [0.4, 0.5) is 0 Å². The molecule has 0 spiro atoms. The number of carbonyl (C=O) groups excluding carboxylic acids is 1. The third kappa shape index (κ3) is 2.98. The maximum atomic E-state index is 11.3. The van der Waals surface area contributed by atoms with Crippen molar-refractivity contribution in [3.63, 3.8) is 0 Å². The minimum absolute atomic E-state index is 0.0453. The number of carboxylic acids is 1. The molecule has 0 aliphatic carbocycles. The van der Waals surface area contributed by atoms with E-state index in [1.54, 1.807) is 4.57 Å². The fourth-order valence-electron chi connectivity index (χ4n) is 2.24. The summed E-state index contributed by atoms with van der Waals surface area (Å²) >= 11 is 0. The highest BCUT2D eigenvalue weighted by Gasteiger charge is 2.18. The predicted molar refractivity (Wildman–Crippen MR) is 84.1 cm³/mol. The third-order valence-electron chi connectivity index (χ3n) is 3.30. The lowest BCUT2D eigenvalue weighted by molar-refractivity contribution is -0.146. The van der Waals surface area contributed by atoms with Crippen LogP contribution in [-0.4, -0.2) is 41.5 Å². The fraction of sp³-hybridized carbons (Fsp3) is 0.0625. The summed E-state index contributed by atoms with van der Waals surface area (Å²) in [5.41, 5.74) is 1.81. The van der Waals surface area contributed by atoms with E-state index in [1.807, 2.05) is 30.3 Å². The molecule has 1 aromatic carbocycles. The largest absolute Gasteiger partial charge is 0.504 e. The van der Waals surface area contributed by atoms with Crippen molar-refractivity contribution in [3.05, 3.63) is 60.3 Å². The second-order valence-electron chi connectivity index (χ2n) is 4.94. The third-order valence-corrected chi connectivity index (χ3v) is 3.30. The zero-order chi connectivity index (χ0) is 17.1. The molecule has 120 valence electrons.